The van der Waals surface area contributed by atoms with E-state index >= 15 is 0 Å². The summed E-state index contributed by atoms with van der Waals surface area (Å²) in [7, 11) is -11.1. The van der Waals surface area contributed by atoms with E-state index in [1.54, 1.807) is 49.3 Å². The lowest BCUT2D eigenvalue weighted by atomic mass is 9.46. The third-order valence-electron chi connectivity index (χ3n) is 20.6. The largest absolute Gasteiger partial charge is 0.744 e. The van der Waals surface area contributed by atoms with Gasteiger partial charge in [0.15, 0.2) is 0 Å². The molecule has 6 rings (SSSR count). The van der Waals surface area contributed by atoms with Crippen LogP contribution in [-0.4, -0.2) is 120 Å². The van der Waals surface area contributed by atoms with Crippen molar-refractivity contribution in [3.8, 4) is 11.5 Å². The Morgan fingerprint density at radius 2 is 0.735 bits per heavy atom. The fraction of sp³-hybridized carbons (Fsp3) is 0.641. The van der Waals surface area contributed by atoms with Crippen LogP contribution < -0.4 is 9.47 Å². The van der Waals surface area contributed by atoms with E-state index in [1.165, 1.54) is 163 Å². The minimum absolute atomic E-state index is 0.201. The molecule has 2 atom stereocenters. The van der Waals surface area contributed by atoms with Crippen LogP contribution in [0.25, 0.3) is 0 Å². The van der Waals surface area contributed by atoms with E-state index in [2.05, 4.69) is 55.4 Å². The van der Waals surface area contributed by atoms with Gasteiger partial charge in [-0.1, -0.05) is 194 Å². The second-order valence-electron chi connectivity index (χ2n) is 27.7. The molecule has 2 unspecified atom stereocenters. The number of hydrogen-bond acceptors (Lipinski definition) is 14. The lowest BCUT2D eigenvalue weighted by molar-refractivity contribution is -0.262. The van der Waals surface area contributed by atoms with Gasteiger partial charge in [0.05, 0.1) is 70.2 Å². The predicted octanol–water partition coefficient (Wildman–Crippen LogP) is 18.9. The van der Waals surface area contributed by atoms with Gasteiger partial charge < -0.3 is 39.0 Å². The molecule has 2 saturated carbocycles. The predicted molar refractivity (Wildman–Crippen MR) is 396 cm³/mol. The van der Waals surface area contributed by atoms with E-state index in [0.29, 0.717) is 38.5 Å². The van der Waals surface area contributed by atoms with Gasteiger partial charge in [0, 0.05) is 32.1 Å². The zero-order valence-corrected chi connectivity index (χ0v) is 63.9. The summed E-state index contributed by atoms with van der Waals surface area (Å²) >= 11 is 0. The highest BCUT2D eigenvalue weighted by molar-refractivity contribution is 7.86. The van der Waals surface area contributed by atoms with Crippen LogP contribution in [0.5, 0.6) is 11.5 Å². The molecule has 0 bridgehead atoms. The van der Waals surface area contributed by atoms with Gasteiger partial charge in [-0.25, -0.2) is 26.4 Å². The first-order valence-corrected chi connectivity index (χ1v) is 45.0. The second kappa shape index (κ2) is 42.7. The average molecular weight is 1440 g/mol. The normalized spacial score (nSPS) is 16.0. The molecule has 550 valence electrons. The topological polar surface area (TPSA) is 282 Å². The number of carbonyl (C=O) groups excluding carboxylic acids is 2. The minimum Gasteiger partial charge on any atom is -0.744 e. The molecule has 0 spiro atoms. The Morgan fingerprint density at radius 3 is 1.00 bits per heavy atom. The summed E-state index contributed by atoms with van der Waals surface area (Å²) in [6.45, 7) is 18.8. The van der Waals surface area contributed by atoms with Crippen molar-refractivity contribution in [2.24, 2.45) is 17.3 Å². The first-order chi connectivity index (χ1) is 46.7. The van der Waals surface area contributed by atoms with Gasteiger partial charge in [0.2, 0.25) is 0 Å². The maximum absolute atomic E-state index is 14.9. The van der Waals surface area contributed by atoms with Crippen molar-refractivity contribution < 1.29 is 75.0 Å². The van der Waals surface area contributed by atoms with Crippen LogP contribution in [0.1, 0.15) is 273 Å². The summed E-state index contributed by atoms with van der Waals surface area (Å²) in [5.41, 5.74) is -9.60. The molecule has 16 nitrogen and oxygen atoms in total. The van der Waals surface area contributed by atoms with E-state index in [9.17, 15) is 65.5 Å². The fourth-order valence-corrected chi connectivity index (χ4v) is 26.8. The van der Waals surface area contributed by atoms with Crippen LogP contribution in [0, 0.1) is 17.3 Å². The van der Waals surface area contributed by atoms with E-state index < -0.39 is 116 Å². The van der Waals surface area contributed by atoms with Crippen molar-refractivity contribution in [1.82, 2.24) is 0 Å². The van der Waals surface area contributed by atoms with Crippen LogP contribution in [0.3, 0.4) is 0 Å². The number of carboxylic acids is 2. The molecule has 0 radical (unpaired) electrons. The number of aliphatic hydroxyl groups is 2. The molecule has 2 fully saturated rings. The molecule has 20 heteroatoms. The SMILES string of the molecule is CCCC[P+](CCCC)(CCCC)CCCC.CCCC[P+](CCCC)(CCCC)CCCC.O=C(O)CCCC(C(=O)O)(C(O)(c1ccccc1OC(=O)c1cccc(S(=O)(=O)[O-])c1)C1CCCCC1)C(O)(c1ccccc1OC(=O)c1cccc(S(=O)(=O)[O-])c1)C1CCCCC1. The third kappa shape index (κ3) is 24.0. The van der Waals surface area contributed by atoms with Crippen molar-refractivity contribution in [3.05, 3.63) is 119 Å². The number of carboxylic acid groups (broad SMARTS) is 2. The summed E-state index contributed by atoms with van der Waals surface area (Å²) in [5.74, 6) is -8.15. The van der Waals surface area contributed by atoms with Gasteiger partial charge in [-0.2, -0.15) is 0 Å². The summed E-state index contributed by atoms with van der Waals surface area (Å²) in [4.78, 5) is 53.4. The molecule has 0 heterocycles. The number of unbranched alkanes of at least 4 members (excludes halogenated alkanes) is 8. The first-order valence-electron chi connectivity index (χ1n) is 37.1. The van der Waals surface area contributed by atoms with Gasteiger partial charge in [0.25, 0.3) is 0 Å². The van der Waals surface area contributed by atoms with Crippen LogP contribution in [0.4, 0.5) is 0 Å². The van der Waals surface area contributed by atoms with Gasteiger partial charge in [-0.15, -0.1) is 0 Å². The van der Waals surface area contributed by atoms with Gasteiger partial charge >= 0.3 is 23.9 Å². The second-order valence-corrected chi connectivity index (χ2v) is 39.4. The van der Waals surface area contributed by atoms with E-state index in [0.717, 1.165) is 36.4 Å². The lowest BCUT2D eigenvalue weighted by Crippen LogP contribution is -2.68. The molecule has 0 amide bonds. The number of esters is 2. The summed E-state index contributed by atoms with van der Waals surface area (Å²) in [6.07, 6.45) is 38.5. The number of carbonyl (C=O) groups is 4. The monoisotopic (exact) mass is 1440 g/mol. The zero-order valence-electron chi connectivity index (χ0n) is 60.5. The van der Waals surface area contributed by atoms with E-state index in [1.807, 2.05) is 0 Å². The van der Waals surface area contributed by atoms with Crippen LogP contribution in [0.15, 0.2) is 107 Å². The Kier molecular flexibility index (Phi) is 37.4. The van der Waals surface area contributed by atoms with Crippen molar-refractivity contribution in [1.29, 1.82) is 0 Å². The van der Waals surface area contributed by atoms with Crippen molar-refractivity contribution in [3.63, 3.8) is 0 Å². The Bertz CT molecular complexity index is 3020. The van der Waals surface area contributed by atoms with Crippen LogP contribution >= 0.6 is 14.5 Å². The van der Waals surface area contributed by atoms with Gasteiger partial charge in [-0.05, 0) is 150 Å². The van der Waals surface area contributed by atoms with E-state index in [-0.39, 0.29) is 59.4 Å². The Hall–Kier alpha value is -4.64. The third-order valence-corrected chi connectivity index (χ3v) is 32.4. The first kappa shape index (κ1) is 85.8. The number of para-hydroxylation sites is 2. The molecule has 0 saturated heterocycles. The molecule has 2 aliphatic carbocycles. The maximum Gasteiger partial charge on any atom is 0.343 e. The number of aliphatic carboxylic acids is 2. The standard InChI is InChI=1S/C46H50O16S2.2C16H36P/c47-40(48)26-13-27-44(43(51)52,45(53,32-16-3-1-4-17-32)36-22-7-9-24-38(36)61-41(49)30-14-11-20-34(28-30)63(55,56)57)46(54,33-18-5-2-6-19-33)37-23-8-10-25-39(37)62-42(50)31-15-12-21-35(29-31)64(58,59)60;2*1-5-9-13-17(14-10-6-2,15-11-7-3)16-12-8-4/h7-12,14-15,20-25,28-29,32-33,53-54H,1-6,13,16-19,26-27H2,(H,47,48)(H,51,52)(H,55,56,57)(H,58,59,60);2*5-16H2,1-4H3/q;2*+1/p-2. The number of ether oxygens (including phenoxy) is 2. The maximum atomic E-state index is 14.9. The van der Waals surface area contributed by atoms with Crippen LogP contribution in [-0.2, 0) is 41.0 Å². The highest BCUT2D eigenvalue weighted by Gasteiger charge is 2.73. The molecule has 4 aromatic carbocycles. The Labute approximate surface area is 590 Å². The van der Waals surface area contributed by atoms with E-state index in [4.69, 9.17) is 9.47 Å². The number of benzene rings is 4. The van der Waals surface area contributed by atoms with Gasteiger partial charge in [-0.3, -0.25) is 9.59 Å². The quantitative estimate of drug-likeness (QED) is 0.0139. The van der Waals surface area contributed by atoms with Crippen LogP contribution in [0.2, 0.25) is 0 Å². The summed E-state index contributed by atoms with van der Waals surface area (Å²) in [6, 6.07) is 19.3. The highest BCUT2D eigenvalue weighted by Crippen LogP contribution is 2.67. The van der Waals surface area contributed by atoms with Crippen molar-refractivity contribution in [2.45, 2.75) is 263 Å². The molecule has 2 aliphatic rings. The molecule has 0 aliphatic heterocycles. The molecule has 4 N–H and O–H groups in total. The average Bonchev–Trinajstić information content (AvgIpc) is 0.684. The Morgan fingerprint density at radius 1 is 0.439 bits per heavy atom. The summed E-state index contributed by atoms with van der Waals surface area (Å²) < 4.78 is 82.9. The fourth-order valence-electron chi connectivity index (χ4n) is 15.2. The Balaban J connectivity index is 0.000000490. The molecule has 98 heavy (non-hydrogen) atoms. The van der Waals surface area contributed by atoms with Crippen molar-refractivity contribution >= 4 is 58.6 Å². The minimum atomic E-state index is -5.01. The van der Waals surface area contributed by atoms with Gasteiger partial charge in [0.1, 0.15) is 48.4 Å². The highest BCUT2D eigenvalue weighted by atomic mass is 32.2. The summed E-state index contributed by atoms with van der Waals surface area (Å²) in [5, 5.41) is 50.3. The lowest BCUT2D eigenvalue weighted by Gasteiger charge is -2.59. The number of hydrogen-bond donors (Lipinski definition) is 4. The molecule has 4 aromatic rings. The number of rotatable bonds is 41. The zero-order chi connectivity index (χ0) is 72.5. The molecule has 0 aromatic heterocycles. The molecular weight excluding hydrogens is 1320 g/mol. The smallest absolute Gasteiger partial charge is 0.343 e. The van der Waals surface area contributed by atoms with Crippen molar-refractivity contribution in [2.75, 3.05) is 49.3 Å². The molecular formula is C78H120O16P2S2.